The van der Waals surface area contributed by atoms with Crippen LogP contribution in [0.15, 0.2) is 24.3 Å². The summed E-state index contributed by atoms with van der Waals surface area (Å²) in [5.74, 6) is 0.265. The van der Waals surface area contributed by atoms with Gasteiger partial charge in [0.2, 0.25) is 0 Å². The molecule has 2 aromatic heterocycles. The maximum Gasteiger partial charge on any atom is 0.317 e. The molecule has 2 saturated heterocycles. The zero-order chi connectivity index (χ0) is 27.0. The number of fused-ring (bicyclic) bond motifs is 1. The van der Waals surface area contributed by atoms with E-state index in [0.717, 1.165) is 43.3 Å². The first-order chi connectivity index (χ1) is 18.2. The first kappa shape index (κ1) is 26.1. The van der Waals surface area contributed by atoms with Gasteiger partial charge in [-0.15, -0.1) is 0 Å². The molecule has 2 amide bonds. The molecule has 4 heterocycles. The van der Waals surface area contributed by atoms with Gasteiger partial charge in [0, 0.05) is 37.4 Å². The summed E-state index contributed by atoms with van der Waals surface area (Å²) in [6.45, 7) is 8.34. The lowest BCUT2D eigenvalue weighted by atomic mass is 9.88. The van der Waals surface area contributed by atoms with E-state index in [-0.39, 0.29) is 23.6 Å². The van der Waals surface area contributed by atoms with Crippen molar-refractivity contribution >= 4 is 22.9 Å². The zero-order valence-electron chi connectivity index (χ0n) is 21.7. The average Bonchev–Trinajstić information content (AvgIpc) is 2.85. The van der Waals surface area contributed by atoms with Crippen molar-refractivity contribution in [2.24, 2.45) is 0 Å². The van der Waals surface area contributed by atoms with Gasteiger partial charge in [0.1, 0.15) is 17.5 Å². The van der Waals surface area contributed by atoms with E-state index in [2.05, 4.69) is 25.9 Å². The molecule has 1 aromatic carbocycles. The molecule has 2 aliphatic heterocycles. The first-order valence-electron chi connectivity index (χ1n) is 13.0. The number of anilines is 1. The predicted molar refractivity (Wildman–Crippen MR) is 139 cm³/mol. The number of nitrogens with zero attached hydrogens (tertiary/aromatic N) is 4. The average molecular weight is 528 g/mol. The Labute approximate surface area is 219 Å². The molecule has 3 aromatic rings. The van der Waals surface area contributed by atoms with Gasteiger partial charge in [-0.25, -0.2) is 32.9 Å². The number of amides is 2. The summed E-state index contributed by atoms with van der Waals surface area (Å²) in [5, 5.41) is 10.1. The van der Waals surface area contributed by atoms with Gasteiger partial charge in [-0.3, -0.25) is 0 Å². The summed E-state index contributed by atoms with van der Waals surface area (Å²) in [5.41, 5.74) is 1.96. The maximum atomic E-state index is 14.8. The van der Waals surface area contributed by atoms with Crippen molar-refractivity contribution in [1.82, 2.24) is 30.5 Å². The Balaban J connectivity index is 1.38. The van der Waals surface area contributed by atoms with Gasteiger partial charge in [-0.2, -0.15) is 0 Å². The van der Waals surface area contributed by atoms with Crippen LogP contribution in [0.3, 0.4) is 0 Å². The van der Waals surface area contributed by atoms with Gasteiger partial charge in [0.15, 0.2) is 5.65 Å². The van der Waals surface area contributed by atoms with Crippen LogP contribution in [-0.4, -0.2) is 58.1 Å². The molecule has 3 N–H and O–H groups in total. The zero-order valence-corrected chi connectivity index (χ0v) is 21.7. The lowest BCUT2D eigenvalue weighted by molar-refractivity contribution is 0.146. The monoisotopic (exact) mass is 527 g/mol. The highest BCUT2D eigenvalue weighted by molar-refractivity contribution is 5.87. The minimum atomic E-state index is -2.90. The smallest absolute Gasteiger partial charge is 0.317 e. The molecule has 38 heavy (non-hydrogen) atoms. The number of rotatable bonds is 6. The SMILES string of the molecule is Cc1nc(N[C@H](C)c2cccc(C(F)F)c2F)c2cc(C3CCN(C(=O)NC4CNC4)CC3)c(C)nc2n1. The highest BCUT2D eigenvalue weighted by atomic mass is 19.3. The molecule has 2 fully saturated rings. The minimum absolute atomic E-state index is 0.0178. The van der Waals surface area contributed by atoms with Crippen molar-refractivity contribution in [3.05, 3.63) is 58.3 Å². The van der Waals surface area contributed by atoms with Gasteiger partial charge < -0.3 is 20.9 Å². The summed E-state index contributed by atoms with van der Waals surface area (Å²) in [6.07, 6.45) is -1.28. The van der Waals surface area contributed by atoms with Crippen molar-refractivity contribution in [3.63, 3.8) is 0 Å². The van der Waals surface area contributed by atoms with Gasteiger partial charge in [-0.05, 0) is 51.2 Å². The molecule has 0 aliphatic carbocycles. The Kier molecular flexibility index (Phi) is 7.38. The fraction of sp³-hybridized carbons (Fsp3) is 0.481. The summed E-state index contributed by atoms with van der Waals surface area (Å²) in [4.78, 5) is 28.2. The van der Waals surface area contributed by atoms with Crippen LogP contribution in [0, 0.1) is 19.7 Å². The van der Waals surface area contributed by atoms with E-state index < -0.39 is 23.8 Å². The number of piperidine rings is 1. The fourth-order valence-electron chi connectivity index (χ4n) is 5.20. The molecule has 0 spiro atoms. The molecule has 11 heteroatoms. The van der Waals surface area contributed by atoms with Crippen LogP contribution in [0.5, 0.6) is 0 Å². The molecule has 2 aliphatic rings. The highest BCUT2D eigenvalue weighted by Crippen LogP contribution is 2.34. The van der Waals surface area contributed by atoms with Gasteiger partial charge in [0.05, 0.1) is 23.0 Å². The number of alkyl halides is 2. The molecular formula is C27H32F3N7O. The number of nitrogens with one attached hydrogen (secondary N) is 3. The van der Waals surface area contributed by atoms with E-state index >= 15 is 0 Å². The van der Waals surface area contributed by atoms with Crippen LogP contribution >= 0.6 is 0 Å². The number of benzene rings is 1. The number of aryl methyl sites for hydroxylation is 2. The van der Waals surface area contributed by atoms with Crippen LogP contribution in [0.2, 0.25) is 0 Å². The second-order valence-corrected chi connectivity index (χ2v) is 10.1. The number of urea groups is 1. The third-order valence-electron chi connectivity index (χ3n) is 7.47. The molecule has 1 atom stereocenters. The van der Waals surface area contributed by atoms with E-state index in [9.17, 15) is 18.0 Å². The van der Waals surface area contributed by atoms with Crippen molar-refractivity contribution in [2.45, 2.75) is 58.0 Å². The van der Waals surface area contributed by atoms with Crippen LogP contribution in [0.1, 0.15) is 66.4 Å². The predicted octanol–water partition coefficient (Wildman–Crippen LogP) is 4.75. The molecule has 8 nitrogen and oxygen atoms in total. The van der Waals surface area contributed by atoms with Crippen LogP contribution in [0.25, 0.3) is 11.0 Å². The van der Waals surface area contributed by atoms with E-state index in [1.165, 1.54) is 12.1 Å². The van der Waals surface area contributed by atoms with Gasteiger partial charge in [-0.1, -0.05) is 18.2 Å². The Morgan fingerprint density at radius 2 is 1.82 bits per heavy atom. The van der Waals surface area contributed by atoms with Crippen molar-refractivity contribution in [1.29, 1.82) is 0 Å². The third-order valence-corrected chi connectivity index (χ3v) is 7.47. The lowest BCUT2D eigenvalue weighted by Crippen LogP contribution is -2.59. The second-order valence-electron chi connectivity index (χ2n) is 10.1. The number of carbonyl (C=O) groups excluding carboxylic acids is 1. The normalized spacial score (nSPS) is 17.5. The number of pyridine rings is 1. The van der Waals surface area contributed by atoms with Crippen LogP contribution in [0.4, 0.5) is 23.8 Å². The van der Waals surface area contributed by atoms with Gasteiger partial charge >= 0.3 is 6.03 Å². The number of likely N-dealkylation sites (tertiary alicyclic amines) is 1. The fourth-order valence-corrected chi connectivity index (χ4v) is 5.20. The van der Waals surface area contributed by atoms with Crippen molar-refractivity contribution < 1.29 is 18.0 Å². The largest absolute Gasteiger partial charge is 0.363 e. The van der Waals surface area contributed by atoms with Gasteiger partial charge in [0.25, 0.3) is 6.43 Å². The number of carbonyl (C=O) groups is 1. The Morgan fingerprint density at radius 1 is 1.11 bits per heavy atom. The third kappa shape index (κ3) is 5.24. The number of halogens is 3. The van der Waals surface area contributed by atoms with E-state index in [1.807, 2.05) is 17.9 Å². The van der Waals surface area contributed by atoms with E-state index in [0.29, 0.717) is 35.8 Å². The Bertz CT molecular complexity index is 1340. The highest BCUT2D eigenvalue weighted by Gasteiger charge is 2.28. The van der Waals surface area contributed by atoms with E-state index in [4.69, 9.17) is 4.98 Å². The molecule has 0 bridgehead atoms. The molecular weight excluding hydrogens is 495 g/mol. The topological polar surface area (TPSA) is 95.1 Å². The number of hydrogen-bond donors (Lipinski definition) is 3. The first-order valence-corrected chi connectivity index (χ1v) is 13.0. The van der Waals surface area contributed by atoms with Crippen LogP contribution < -0.4 is 16.0 Å². The minimum Gasteiger partial charge on any atom is -0.363 e. The summed E-state index contributed by atoms with van der Waals surface area (Å²) < 4.78 is 41.3. The summed E-state index contributed by atoms with van der Waals surface area (Å²) >= 11 is 0. The Hall–Kier alpha value is -3.47. The maximum absolute atomic E-state index is 14.8. The molecule has 0 saturated carbocycles. The summed E-state index contributed by atoms with van der Waals surface area (Å²) in [6, 6.07) is 5.61. The van der Waals surface area contributed by atoms with E-state index in [1.54, 1.807) is 13.8 Å². The van der Waals surface area contributed by atoms with Crippen LogP contribution in [-0.2, 0) is 0 Å². The number of aromatic nitrogens is 3. The summed E-state index contributed by atoms with van der Waals surface area (Å²) in [7, 11) is 0. The van der Waals surface area contributed by atoms with Crippen molar-refractivity contribution in [2.75, 3.05) is 31.5 Å². The molecule has 0 radical (unpaired) electrons. The molecule has 5 rings (SSSR count). The molecule has 0 unspecified atom stereocenters. The quantitative estimate of drug-likeness (QED) is 0.428. The second kappa shape index (κ2) is 10.7. The van der Waals surface area contributed by atoms with Crippen molar-refractivity contribution in [3.8, 4) is 0 Å². The number of hydrogen-bond acceptors (Lipinski definition) is 6. The Morgan fingerprint density at radius 3 is 2.47 bits per heavy atom. The lowest BCUT2D eigenvalue weighted by Gasteiger charge is -2.35. The molecule has 202 valence electrons. The standard InChI is InChI=1S/C27H32F3N7O/c1-14(19-5-4-6-20(23(19)28)24(29)30)32-25-22-11-21(15(2)33-26(22)35-16(3)34-25)17-7-9-37(10-8-17)27(38)36-18-12-31-13-18/h4-6,11,14,17-18,24,31H,7-10,12-13H2,1-3H3,(H,36,38)(H,32,33,34,35)/t14-/m1/s1.